The molecule has 1 unspecified atom stereocenters. The van der Waals surface area contributed by atoms with Crippen LogP contribution in [0.2, 0.25) is 0 Å². The normalized spacial score (nSPS) is 18.5. The molecule has 1 aromatic rings. The summed E-state index contributed by atoms with van der Waals surface area (Å²) in [5.74, 6) is -0.198. The number of hydrogen-bond donors (Lipinski definition) is 1. The van der Waals surface area contributed by atoms with Crippen molar-refractivity contribution in [2.24, 2.45) is 0 Å². The lowest BCUT2D eigenvalue weighted by atomic mass is 10.2. The number of carbonyl (C=O) groups is 1. The van der Waals surface area contributed by atoms with Gasteiger partial charge in [-0.15, -0.1) is 0 Å². The zero-order valence-corrected chi connectivity index (χ0v) is 8.63. The number of rotatable bonds is 4. The number of aliphatic carboxylic acids is 1. The highest BCUT2D eigenvalue weighted by Crippen LogP contribution is 2.26. The second kappa shape index (κ2) is 4.70. The summed E-state index contributed by atoms with van der Waals surface area (Å²) in [6.07, 6.45) is 1.44. The third-order valence-corrected chi connectivity index (χ3v) is 2.24. The van der Waals surface area contributed by atoms with Crippen molar-refractivity contribution >= 4 is 11.7 Å². The van der Waals surface area contributed by atoms with Gasteiger partial charge in [0.1, 0.15) is 6.26 Å². The maximum Gasteiger partial charge on any atom is 0.303 e. The molecule has 1 atom stereocenters. The molecule has 4 heteroatoms. The van der Waals surface area contributed by atoms with E-state index in [0.717, 1.165) is 5.56 Å². The topological polar surface area (TPSA) is 55.8 Å². The van der Waals surface area contributed by atoms with Crippen molar-refractivity contribution < 1.29 is 19.4 Å². The molecule has 0 saturated heterocycles. The predicted molar refractivity (Wildman–Crippen MR) is 57.2 cm³/mol. The molecule has 1 aliphatic rings. The minimum Gasteiger partial charge on any atom is -0.481 e. The van der Waals surface area contributed by atoms with Gasteiger partial charge in [-0.1, -0.05) is 30.3 Å². The number of hydrogen-bond acceptors (Lipinski definition) is 3. The van der Waals surface area contributed by atoms with Gasteiger partial charge in [0.2, 0.25) is 6.29 Å². The summed E-state index contributed by atoms with van der Waals surface area (Å²) >= 11 is 0. The average Bonchev–Trinajstić information content (AvgIpc) is 2.76. The Bertz CT molecular complexity index is 397. The Hall–Kier alpha value is -1.97. The zero-order valence-electron chi connectivity index (χ0n) is 8.63. The van der Waals surface area contributed by atoms with Gasteiger partial charge >= 0.3 is 5.97 Å². The lowest BCUT2D eigenvalue weighted by molar-refractivity contribution is -0.138. The van der Waals surface area contributed by atoms with Crippen LogP contribution in [0.25, 0.3) is 5.76 Å². The molecule has 16 heavy (non-hydrogen) atoms. The van der Waals surface area contributed by atoms with E-state index in [9.17, 15) is 4.79 Å². The molecule has 1 N–H and O–H groups in total. The van der Waals surface area contributed by atoms with Gasteiger partial charge in [0.15, 0.2) is 5.76 Å². The highest BCUT2D eigenvalue weighted by molar-refractivity contribution is 5.66. The van der Waals surface area contributed by atoms with Crippen LogP contribution in [0.4, 0.5) is 0 Å². The van der Waals surface area contributed by atoms with E-state index in [-0.39, 0.29) is 6.42 Å². The molecular formula is C12H12O4. The fourth-order valence-corrected chi connectivity index (χ4v) is 1.44. The van der Waals surface area contributed by atoms with E-state index < -0.39 is 12.3 Å². The third kappa shape index (κ3) is 2.53. The van der Waals surface area contributed by atoms with Gasteiger partial charge in [0.05, 0.1) is 6.42 Å². The number of carboxylic acids is 1. The van der Waals surface area contributed by atoms with Crippen molar-refractivity contribution in [3.63, 3.8) is 0 Å². The Morgan fingerprint density at radius 1 is 1.31 bits per heavy atom. The molecule has 1 heterocycles. The van der Waals surface area contributed by atoms with E-state index in [1.54, 1.807) is 0 Å². The summed E-state index contributed by atoms with van der Waals surface area (Å²) in [4.78, 5) is 10.4. The average molecular weight is 220 g/mol. The van der Waals surface area contributed by atoms with E-state index in [2.05, 4.69) is 0 Å². The first-order chi connectivity index (χ1) is 7.75. The maximum atomic E-state index is 10.4. The van der Waals surface area contributed by atoms with Crippen LogP contribution in [-0.2, 0) is 14.3 Å². The highest BCUT2D eigenvalue weighted by atomic mass is 16.7. The smallest absolute Gasteiger partial charge is 0.303 e. The predicted octanol–water partition coefficient (Wildman–Crippen LogP) is 2.22. The second-order valence-corrected chi connectivity index (χ2v) is 3.46. The summed E-state index contributed by atoms with van der Waals surface area (Å²) < 4.78 is 10.7. The van der Waals surface area contributed by atoms with Crippen molar-refractivity contribution in [3.05, 3.63) is 42.2 Å². The van der Waals surface area contributed by atoms with Crippen molar-refractivity contribution in [1.29, 1.82) is 0 Å². The molecule has 0 aliphatic carbocycles. The summed E-state index contributed by atoms with van der Waals surface area (Å²) in [6, 6.07) is 9.56. The maximum absolute atomic E-state index is 10.4. The summed E-state index contributed by atoms with van der Waals surface area (Å²) in [5.41, 5.74) is 0.931. The van der Waals surface area contributed by atoms with Crippen molar-refractivity contribution in [3.8, 4) is 0 Å². The lowest BCUT2D eigenvalue weighted by Crippen LogP contribution is -2.10. The van der Waals surface area contributed by atoms with Gasteiger partial charge < -0.3 is 14.6 Å². The Balaban J connectivity index is 1.90. The molecule has 0 amide bonds. The Labute approximate surface area is 93.1 Å². The van der Waals surface area contributed by atoms with Crippen molar-refractivity contribution in [2.45, 2.75) is 19.1 Å². The van der Waals surface area contributed by atoms with Crippen molar-refractivity contribution in [1.82, 2.24) is 0 Å². The molecule has 0 spiro atoms. The van der Waals surface area contributed by atoms with E-state index in [1.807, 2.05) is 30.3 Å². The molecule has 2 rings (SSSR count). The number of benzene rings is 1. The second-order valence-electron chi connectivity index (χ2n) is 3.46. The van der Waals surface area contributed by atoms with Gasteiger partial charge in [0, 0.05) is 12.0 Å². The van der Waals surface area contributed by atoms with Gasteiger partial charge in [-0.2, -0.15) is 0 Å². The fourth-order valence-electron chi connectivity index (χ4n) is 1.44. The first-order valence-electron chi connectivity index (χ1n) is 5.05. The molecule has 1 aromatic carbocycles. The molecular weight excluding hydrogens is 208 g/mol. The Morgan fingerprint density at radius 3 is 2.75 bits per heavy atom. The molecule has 0 aromatic heterocycles. The lowest BCUT2D eigenvalue weighted by Gasteiger charge is -2.10. The van der Waals surface area contributed by atoms with E-state index in [1.165, 1.54) is 6.26 Å². The van der Waals surface area contributed by atoms with Gasteiger partial charge in [0.25, 0.3) is 0 Å². The molecule has 1 aliphatic heterocycles. The number of carboxylic acid groups (broad SMARTS) is 1. The standard InChI is InChI=1S/C12H12O4/c13-11(14)6-7-12-15-8-10(16-12)9-4-2-1-3-5-9/h1-5,8,12H,6-7H2,(H,13,14). The fraction of sp³-hybridized carbons (Fsp3) is 0.250. The van der Waals surface area contributed by atoms with Crippen LogP contribution in [0.5, 0.6) is 0 Å². The molecule has 0 saturated carbocycles. The molecule has 4 nitrogen and oxygen atoms in total. The van der Waals surface area contributed by atoms with Crippen LogP contribution >= 0.6 is 0 Å². The van der Waals surface area contributed by atoms with E-state index >= 15 is 0 Å². The molecule has 0 bridgehead atoms. The van der Waals surface area contributed by atoms with Gasteiger partial charge in [-0.3, -0.25) is 4.79 Å². The van der Waals surface area contributed by atoms with Crippen LogP contribution in [0.3, 0.4) is 0 Å². The molecule has 0 fully saturated rings. The highest BCUT2D eigenvalue weighted by Gasteiger charge is 2.21. The molecule has 84 valence electrons. The molecule has 0 radical (unpaired) electrons. The van der Waals surface area contributed by atoms with Gasteiger partial charge in [-0.25, -0.2) is 0 Å². The van der Waals surface area contributed by atoms with Crippen molar-refractivity contribution in [2.75, 3.05) is 0 Å². The van der Waals surface area contributed by atoms with E-state index in [4.69, 9.17) is 14.6 Å². The zero-order chi connectivity index (χ0) is 11.4. The van der Waals surface area contributed by atoms with E-state index in [0.29, 0.717) is 12.2 Å². The summed E-state index contributed by atoms with van der Waals surface area (Å²) in [7, 11) is 0. The summed E-state index contributed by atoms with van der Waals surface area (Å²) in [5, 5.41) is 8.53. The first kappa shape index (κ1) is 10.5. The van der Waals surface area contributed by atoms with Crippen LogP contribution in [-0.4, -0.2) is 17.4 Å². The largest absolute Gasteiger partial charge is 0.481 e. The SMILES string of the molecule is O=C(O)CCC1OC=C(c2ccccc2)O1. The first-order valence-corrected chi connectivity index (χ1v) is 5.05. The minimum atomic E-state index is -0.847. The third-order valence-electron chi connectivity index (χ3n) is 2.24. The minimum absolute atomic E-state index is 0.0422. The quantitative estimate of drug-likeness (QED) is 0.845. The van der Waals surface area contributed by atoms with Crippen LogP contribution in [0.1, 0.15) is 18.4 Å². The van der Waals surface area contributed by atoms with Crippen LogP contribution in [0, 0.1) is 0 Å². The van der Waals surface area contributed by atoms with Gasteiger partial charge in [-0.05, 0) is 0 Å². The number of ether oxygens (including phenoxy) is 2. The Kier molecular flexibility index (Phi) is 3.10. The monoisotopic (exact) mass is 220 g/mol. The summed E-state index contributed by atoms with van der Waals surface area (Å²) in [6.45, 7) is 0. The Morgan fingerprint density at radius 2 is 2.06 bits per heavy atom. The van der Waals surface area contributed by atoms with Crippen LogP contribution in [0.15, 0.2) is 36.6 Å². The van der Waals surface area contributed by atoms with Crippen LogP contribution < -0.4 is 0 Å².